The predicted molar refractivity (Wildman–Crippen MR) is 105 cm³/mol. The van der Waals surface area contributed by atoms with E-state index in [1.807, 2.05) is 47.8 Å². The molecule has 3 aromatic heterocycles. The number of rotatable bonds is 5. The lowest BCUT2D eigenvalue weighted by molar-refractivity contribution is 0.835. The van der Waals surface area contributed by atoms with Gasteiger partial charge in [0, 0.05) is 55.8 Å². The maximum Gasteiger partial charge on any atom is 0.137 e. The van der Waals surface area contributed by atoms with Crippen LogP contribution in [0.15, 0.2) is 43.1 Å². The van der Waals surface area contributed by atoms with Crippen molar-refractivity contribution in [2.75, 3.05) is 34.8 Å². The summed E-state index contributed by atoms with van der Waals surface area (Å²) in [7, 11) is 0. The van der Waals surface area contributed by atoms with Crippen LogP contribution in [-0.4, -0.2) is 49.1 Å². The predicted octanol–water partition coefficient (Wildman–Crippen LogP) is 2.53. The van der Waals surface area contributed by atoms with Gasteiger partial charge in [-0.15, -0.1) is 0 Å². The Morgan fingerprint density at radius 1 is 1.08 bits per heavy atom. The van der Waals surface area contributed by atoms with Gasteiger partial charge >= 0.3 is 0 Å². The van der Waals surface area contributed by atoms with Gasteiger partial charge in [-0.25, -0.2) is 19.9 Å². The number of aromatic nitrogens is 5. The zero-order chi connectivity index (χ0) is 17.8. The monoisotopic (exact) mass is 367 g/mol. The van der Waals surface area contributed by atoms with E-state index in [1.165, 1.54) is 0 Å². The lowest BCUT2D eigenvalue weighted by Crippen LogP contribution is -2.33. The van der Waals surface area contributed by atoms with Crippen molar-refractivity contribution in [2.45, 2.75) is 13.5 Å². The van der Waals surface area contributed by atoms with Crippen molar-refractivity contribution in [1.29, 1.82) is 0 Å². The molecule has 0 bridgehead atoms. The van der Waals surface area contributed by atoms with E-state index in [-0.39, 0.29) is 0 Å². The summed E-state index contributed by atoms with van der Waals surface area (Å²) < 4.78 is 1.96. The van der Waals surface area contributed by atoms with E-state index in [0.29, 0.717) is 6.54 Å². The molecule has 0 atom stereocenters. The number of imidazole rings is 1. The van der Waals surface area contributed by atoms with E-state index in [1.54, 1.807) is 12.5 Å². The maximum atomic E-state index is 4.52. The zero-order valence-electron chi connectivity index (χ0n) is 14.7. The number of hydrogen-bond donors (Lipinski definition) is 1. The van der Waals surface area contributed by atoms with Crippen LogP contribution < -0.4 is 10.2 Å². The summed E-state index contributed by atoms with van der Waals surface area (Å²) in [6.45, 7) is 4.72. The summed E-state index contributed by atoms with van der Waals surface area (Å²) in [6.07, 6.45) is 7.20. The van der Waals surface area contributed by atoms with Crippen LogP contribution in [0.1, 0.15) is 11.4 Å². The van der Waals surface area contributed by atoms with Gasteiger partial charge in [0.25, 0.3) is 0 Å². The smallest absolute Gasteiger partial charge is 0.137 e. The molecule has 0 aliphatic carbocycles. The second-order valence-electron chi connectivity index (χ2n) is 6.08. The first-order chi connectivity index (χ1) is 12.8. The lowest BCUT2D eigenvalue weighted by atomic mass is 10.3. The summed E-state index contributed by atoms with van der Waals surface area (Å²) in [5, 5.41) is 3.36. The Morgan fingerprint density at radius 2 is 1.96 bits per heavy atom. The molecule has 26 heavy (non-hydrogen) atoms. The molecule has 0 spiro atoms. The number of aryl methyl sites for hydroxylation is 1. The second-order valence-corrected chi connectivity index (χ2v) is 7.31. The largest absolute Gasteiger partial charge is 0.366 e. The summed E-state index contributed by atoms with van der Waals surface area (Å²) >= 11 is 1.99. The number of nitrogens with zero attached hydrogens (tertiary/aromatic N) is 6. The molecular weight excluding hydrogens is 346 g/mol. The van der Waals surface area contributed by atoms with Gasteiger partial charge in [0.15, 0.2) is 0 Å². The first-order valence-corrected chi connectivity index (χ1v) is 9.79. The standard InChI is InChI=1S/C18H21N7S/c1-14-19-4-5-25(14)17-3-2-15(12-21-17)11-20-16-10-18(23-13-22-16)24-6-8-26-9-7-24/h2-5,10,12-13H,6-9,11H2,1H3,(H,20,22,23). The van der Waals surface area contributed by atoms with E-state index >= 15 is 0 Å². The van der Waals surface area contributed by atoms with Crippen LogP contribution in [0.5, 0.6) is 0 Å². The van der Waals surface area contributed by atoms with Crippen molar-refractivity contribution in [3.8, 4) is 5.82 Å². The quantitative estimate of drug-likeness (QED) is 0.743. The van der Waals surface area contributed by atoms with E-state index in [0.717, 1.165) is 53.4 Å². The van der Waals surface area contributed by atoms with Gasteiger partial charge in [0.1, 0.15) is 29.6 Å². The maximum absolute atomic E-state index is 4.52. The topological polar surface area (TPSA) is 71.8 Å². The molecule has 7 nitrogen and oxygen atoms in total. The molecule has 1 aliphatic heterocycles. The molecule has 1 aliphatic rings. The highest BCUT2D eigenvalue weighted by Crippen LogP contribution is 2.19. The molecular formula is C18H21N7S. The fraction of sp³-hybridized carbons (Fsp3) is 0.333. The molecule has 0 aromatic carbocycles. The number of anilines is 2. The Kier molecular flexibility index (Phi) is 5.01. The third-order valence-electron chi connectivity index (χ3n) is 4.34. The molecule has 0 amide bonds. The molecule has 134 valence electrons. The normalized spacial score (nSPS) is 14.4. The highest BCUT2D eigenvalue weighted by atomic mass is 32.2. The third-order valence-corrected chi connectivity index (χ3v) is 5.29. The van der Waals surface area contributed by atoms with Crippen LogP contribution in [0.2, 0.25) is 0 Å². The van der Waals surface area contributed by atoms with Crippen molar-refractivity contribution in [3.05, 3.63) is 54.5 Å². The van der Waals surface area contributed by atoms with Gasteiger partial charge < -0.3 is 10.2 Å². The van der Waals surface area contributed by atoms with Crippen LogP contribution in [0.4, 0.5) is 11.6 Å². The van der Waals surface area contributed by atoms with Crippen LogP contribution >= 0.6 is 11.8 Å². The summed E-state index contributed by atoms with van der Waals surface area (Å²) in [6, 6.07) is 6.09. The molecule has 0 saturated carbocycles. The summed E-state index contributed by atoms with van der Waals surface area (Å²) in [5.74, 6) is 5.93. The van der Waals surface area contributed by atoms with Gasteiger partial charge in [-0.1, -0.05) is 6.07 Å². The molecule has 0 unspecified atom stereocenters. The molecule has 0 radical (unpaired) electrons. The van der Waals surface area contributed by atoms with Crippen molar-refractivity contribution in [1.82, 2.24) is 24.5 Å². The molecule has 4 rings (SSSR count). The Bertz CT molecular complexity index is 856. The number of pyridine rings is 1. The average Bonchev–Trinajstić information content (AvgIpc) is 3.14. The minimum absolute atomic E-state index is 0.669. The van der Waals surface area contributed by atoms with Crippen LogP contribution in [0.3, 0.4) is 0 Å². The van der Waals surface area contributed by atoms with Crippen LogP contribution in [0, 0.1) is 6.92 Å². The highest BCUT2D eigenvalue weighted by molar-refractivity contribution is 7.99. The second kappa shape index (κ2) is 7.74. The lowest BCUT2D eigenvalue weighted by Gasteiger charge is -2.27. The van der Waals surface area contributed by atoms with Crippen molar-refractivity contribution < 1.29 is 0 Å². The molecule has 3 aromatic rings. The van der Waals surface area contributed by atoms with Gasteiger partial charge in [0.05, 0.1) is 0 Å². The number of thioether (sulfide) groups is 1. The first kappa shape index (κ1) is 16.8. The molecule has 4 heterocycles. The van der Waals surface area contributed by atoms with E-state index < -0.39 is 0 Å². The Morgan fingerprint density at radius 3 is 2.69 bits per heavy atom. The molecule has 8 heteroatoms. The van der Waals surface area contributed by atoms with E-state index in [4.69, 9.17) is 0 Å². The van der Waals surface area contributed by atoms with Crippen LogP contribution in [0.25, 0.3) is 5.82 Å². The average molecular weight is 367 g/mol. The van der Waals surface area contributed by atoms with E-state index in [2.05, 4.69) is 36.2 Å². The fourth-order valence-electron chi connectivity index (χ4n) is 2.89. The minimum Gasteiger partial charge on any atom is -0.366 e. The van der Waals surface area contributed by atoms with Crippen LogP contribution in [-0.2, 0) is 6.54 Å². The Labute approximate surface area is 156 Å². The fourth-order valence-corrected chi connectivity index (χ4v) is 3.79. The zero-order valence-corrected chi connectivity index (χ0v) is 15.5. The Balaban J connectivity index is 1.40. The van der Waals surface area contributed by atoms with Gasteiger partial charge in [-0.3, -0.25) is 4.57 Å². The van der Waals surface area contributed by atoms with Gasteiger partial charge in [-0.2, -0.15) is 11.8 Å². The summed E-state index contributed by atoms with van der Waals surface area (Å²) in [5.41, 5.74) is 1.10. The number of hydrogen-bond acceptors (Lipinski definition) is 7. The molecule has 1 saturated heterocycles. The Hall–Kier alpha value is -2.61. The summed E-state index contributed by atoms with van der Waals surface area (Å²) in [4.78, 5) is 19.8. The highest BCUT2D eigenvalue weighted by Gasteiger charge is 2.13. The van der Waals surface area contributed by atoms with Gasteiger partial charge in [0.2, 0.25) is 0 Å². The van der Waals surface area contributed by atoms with E-state index in [9.17, 15) is 0 Å². The molecule has 1 N–H and O–H groups in total. The van der Waals surface area contributed by atoms with Gasteiger partial charge in [-0.05, 0) is 18.6 Å². The third kappa shape index (κ3) is 3.80. The minimum atomic E-state index is 0.669. The molecule has 1 fully saturated rings. The number of nitrogens with one attached hydrogen (secondary N) is 1. The SMILES string of the molecule is Cc1nccn1-c1ccc(CNc2cc(N3CCSCC3)ncn2)cn1. The van der Waals surface area contributed by atoms with Crippen molar-refractivity contribution >= 4 is 23.4 Å². The van der Waals surface area contributed by atoms with Crippen molar-refractivity contribution in [2.24, 2.45) is 0 Å². The first-order valence-electron chi connectivity index (χ1n) is 8.63. The van der Waals surface area contributed by atoms with Crippen molar-refractivity contribution in [3.63, 3.8) is 0 Å².